The molecule has 1 aromatic rings. The van der Waals surface area contributed by atoms with Crippen LogP contribution in [0.1, 0.15) is 5.69 Å². The highest BCUT2D eigenvalue weighted by atomic mass is 15.1. The lowest BCUT2D eigenvalue weighted by molar-refractivity contribution is 0.959. The number of nitrogen functional groups attached to an aromatic ring is 1. The molecule has 0 aromatic carbocycles. The van der Waals surface area contributed by atoms with Gasteiger partial charge in [-0.3, -0.25) is 4.99 Å². The van der Waals surface area contributed by atoms with E-state index in [4.69, 9.17) is 5.73 Å². The highest BCUT2D eigenvalue weighted by Gasteiger charge is 2.08. The van der Waals surface area contributed by atoms with Gasteiger partial charge >= 0.3 is 0 Å². The van der Waals surface area contributed by atoms with Crippen molar-refractivity contribution >= 4 is 11.7 Å². The number of nitrogens with zero attached hydrogens (tertiary/aromatic N) is 1. The van der Waals surface area contributed by atoms with Gasteiger partial charge in [-0.1, -0.05) is 0 Å². The van der Waals surface area contributed by atoms with Crippen LogP contribution in [0.4, 0.5) is 5.82 Å². The Kier molecular flexibility index (Phi) is 1.31. The predicted molar refractivity (Wildman–Crippen MR) is 44.6 cm³/mol. The van der Waals surface area contributed by atoms with Crippen molar-refractivity contribution < 1.29 is 0 Å². The van der Waals surface area contributed by atoms with Crippen molar-refractivity contribution in [1.29, 1.82) is 0 Å². The Balaban J connectivity index is 2.28. The van der Waals surface area contributed by atoms with Crippen molar-refractivity contribution in [3.05, 3.63) is 17.8 Å². The summed E-state index contributed by atoms with van der Waals surface area (Å²) >= 11 is 0. The highest BCUT2D eigenvalue weighted by molar-refractivity contribution is 5.98. The Bertz CT molecular complexity index is 286. The first-order valence-corrected chi connectivity index (χ1v) is 3.59. The number of aliphatic imine (C=N–C) groups is 1. The number of nitrogens with one attached hydrogen (secondary N) is 2. The Morgan fingerprint density at radius 3 is 2.91 bits per heavy atom. The molecule has 0 saturated carbocycles. The van der Waals surface area contributed by atoms with E-state index in [2.05, 4.69) is 15.3 Å². The molecule has 0 saturated heterocycles. The van der Waals surface area contributed by atoms with Crippen molar-refractivity contribution in [3.63, 3.8) is 0 Å². The first kappa shape index (κ1) is 6.27. The van der Waals surface area contributed by atoms with Gasteiger partial charge in [-0.25, -0.2) is 0 Å². The van der Waals surface area contributed by atoms with E-state index >= 15 is 0 Å². The molecule has 4 heteroatoms. The number of amidine groups is 1. The first-order chi connectivity index (χ1) is 5.36. The Morgan fingerprint density at radius 1 is 1.45 bits per heavy atom. The molecule has 0 unspecified atom stereocenters. The van der Waals surface area contributed by atoms with E-state index in [9.17, 15) is 0 Å². The Labute approximate surface area is 64.5 Å². The summed E-state index contributed by atoms with van der Waals surface area (Å²) in [5.74, 6) is 1.60. The first-order valence-electron chi connectivity index (χ1n) is 3.59. The van der Waals surface area contributed by atoms with Crippen LogP contribution in [0.3, 0.4) is 0 Å². The zero-order valence-corrected chi connectivity index (χ0v) is 6.09. The largest absolute Gasteiger partial charge is 0.385 e. The average molecular weight is 150 g/mol. The number of hydrogen-bond donors (Lipinski definition) is 3. The molecule has 2 rings (SSSR count). The molecule has 0 aliphatic carbocycles. The second-order valence-corrected chi connectivity index (χ2v) is 2.48. The van der Waals surface area contributed by atoms with Crippen LogP contribution in [0.5, 0.6) is 0 Å². The predicted octanol–water partition coefficient (Wildman–Crippen LogP) is -0.0533. The van der Waals surface area contributed by atoms with Crippen molar-refractivity contribution in [2.45, 2.75) is 0 Å². The maximum Gasteiger partial charge on any atom is 0.145 e. The summed E-state index contributed by atoms with van der Waals surface area (Å²) in [6.07, 6.45) is 0. The molecule has 0 fully saturated rings. The quantitative estimate of drug-likeness (QED) is 0.525. The van der Waals surface area contributed by atoms with Crippen LogP contribution in [0.25, 0.3) is 0 Å². The lowest BCUT2D eigenvalue weighted by Crippen LogP contribution is -2.19. The van der Waals surface area contributed by atoms with E-state index in [-0.39, 0.29) is 0 Å². The molecule has 4 nitrogen and oxygen atoms in total. The molecule has 0 bridgehead atoms. The summed E-state index contributed by atoms with van der Waals surface area (Å²) in [6, 6.07) is 3.75. The van der Waals surface area contributed by atoms with Gasteiger partial charge < -0.3 is 16.0 Å². The van der Waals surface area contributed by atoms with Crippen molar-refractivity contribution in [2.24, 2.45) is 4.99 Å². The minimum absolute atomic E-state index is 0.677. The zero-order chi connectivity index (χ0) is 7.68. The van der Waals surface area contributed by atoms with Gasteiger partial charge in [0.15, 0.2) is 0 Å². The fourth-order valence-electron chi connectivity index (χ4n) is 1.13. The summed E-state index contributed by atoms with van der Waals surface area (Å²) < 4.78 is 0. The molecule has 0 spiro atoms. The number of H-pyrrole nitrogens is 1. The average Bonchev–Trinajstić information content (AvgIpc) is 2.55. The normalized spacial score (nSPS) is 16.2. The second kappa shape index (κ2) is 2.30. The molecule has 0 radical (unpaired) electrons. The van der Waals surface area contributed by atoms with Gasteiger partial charge in [0.1, 0.15) is 11.7 Å². The van der Waals surface area contributed by atoms with Crippen LogP contribution >= 0.6 is 0 Å². The summed E-state index contributed by atoms with van der Waals surface area (Å²) in [7, 11) is 0. The number of aromatic nitrogens is 1. The maximum atomic E-state index is 5.51. The van der Waals surface area contributed by atoms with Gasteiger partial charge in [0, 0.05) is 6.54 Å². The molecule has 2 heterocycles. The van der Waals surface area contributed by atoms with Gasteiger partial charge in [-0.2, -0.15) is 0 Å². The summed E-state index contributed by atoms with van der Waals surface area (Å²) in [4.78, 5) is 7.24. The molecule has 1 aliphatic rings. The highest BCUT2D eigenvalue weighted by Crippen LogP contribution is 2.04. The van der Waals surface area contributed by atoms with Gasteiger partial charge in [-0.15, -0.1) is 0 Å². The minimum atomic E-state index is 0.677. The molecule has 0 amide bonds. The number of aromatic amines is 1. The van der Waals surface area contributed by atoms with Crippen LogP contribution in [0.2, 0.25) is 0 Å². The van der Waals surface area contributed by atoms with E-state index in [1.807, 2.05) is 12.1 Å². The topological polar surface area (TPSA) is 66.2 Å². The third kappa shape index (κ3) is 1.07. The van der Waals surface area contributed by atoms with Crippen molar-refractivity contribution in [3.8, 4) is 0 Å². The third-order valence-corrected chi connectivity index (χ3v) is 1.64. The molecule has 1 aliphatic heterocycles. The van der Waals surface area contributed by atoms with Crippen LogP contribution in [-0.2, 0) is 0 Å². The van der Waals surface area contributed by atoms with E-state index in [1.54, 1.807) is 0 Å². The van der Waals surface area contributed by atoms with E-state index in [0.717, 1.165) is 24.6 Å². The van der Waals surface area contributed by atoms with Crippen molar-refractivity contribution in [1.82, 2.24) is 10.3 Å². The molecule has 11 heavy (non-hydrogen) atoms. The second-order valence-electron chi connectivity index (χ2n) is 2.48. The smallest absolute Gasteiger partial charge is 0.145 e. The lowest BCUT2D eigenvalue weighted by Gasteiger charge is -1.96. The minimum Gasteiger partial charge on any atom is -0.385 e. The fourth-order valence-corrected chi connectivity index (χ4v) is 1.13. The zero-order valence-electron chi connectivity index (χ0n) is 6.09. The maximum absolute atomic E-state index is 5.51. The Hall–Kier alpha value is -1.45. The summed E-state index contributed by atoms with van der Waals surface area (Å²) in [5, 5.41) is 3.15. The molecular formula is C7H10N4. The molecule has 0 atom stereocenters. The van der Waals surface area contributed by atoms with E-state index < -0.39 is 0 Å². The van der Waals surface area contributed by atoms with Gasteiger partial charge in [0.25, 0.3) is 0 Å². The van der Waals surface area contributed by atoms with Crippen LogP contribution in [0.15, 0.2) is 17.1 Å². The molecule has 1 aromatic heterocycles. The van der Waals surface area contributed by atoms with Crippen LogP contribution in [-0.4, -0.2) is 23.9 Å². The standard InChI is InChI=1S/C7H10N4/c8-6-2-1-5(11-6)7-9-3-4-10-7/h1-2,11H,3-4,8H2,(H,9,10). The SMILES string of the molecule is Nc1ccc(C2=NCCN2)[nH]1. The molecular weight excluding hydrogens is 140 g/mol. The lowest BCUT2D eigenvalue weighted by atomic mass is 10.4. The summed E-state index contributed by atoms with van der Waals surface area (Å²) in [5.41, 5.74) is 6.48. The number of anilines is 1. The number of nitrogens with two attached hydrogens (primary N) is 1. The van der Waals surface area contributed by atoms with E-state index in [0.29, 0.717) is 5.82 Å². The van der Waals surface area contributed by atoms with Crippen LogP contribution in [0, 0.1) is 0 Å². The van der Waals surface area contributed by atoms with E-state index in [1.165, 1.54) is 0 Å². The van der Waals surface area contributed by atoms with Crippen LogP contribution < -0.4 is 11.1 Å². The molecule has 4 N–H and O–H groups in total. The third-order valence-electron chi connectivity index (χ3n) is 1.64. The fraction of sp³-hybridized carbons (Fsp3) is 0.286. The molecule has 58 valence electrons. The monoisotopic (exact) mass is 150 g/mol. The Morgan fingerprint density at radius 2 is 2.36 bits per heavy atom. The number of rotatable bonds is 1. The van der Waals surface area contributed by atoms with Gasteiger partial charge in [0.2, 0.25) is 0 Å². The van der Waals surface area contributed by atoms with Gasteiger partial charge in [-0.05, 0) is 12.1 Å². The van der Waals surface area contributed by atoms with Crippen molar-refractivity contribution in [2.75, 3.05) is 18.8 Å². The number of hydrogen-bond acceptors (Lipinski definition) is 3. The summed E-state index contributed by atoms with van der Waals surface area (Å²) in [6.45, 7) is 1.78. The van der Waals surface area contributed by atoms with Gasteiger partial charge in [0.05, 0.1) is 12.2 Å².